The molecule has 1 amide bonds. The lowest BCUT2D eigenvalue weighted by molar-refractivity contribution is 0.0946. The number of benzene rings is 1. The molecule has 1 aromatic heterocycles. The zero-order chi connectivity index (χ0) is 18.9. The highest BCUT2D eigenvalue weighted by molar-refractivity contribution is 5.92. The van der Waals surface area contributed by atoms with Gasteiger partial charge in [-0.25, -0.2) is 9.97 Å². The second kappa shape index (κ2) is 9.71. The average molecular weight is 366 g/mol. The molecule has 3 rings (SSSR count). The smallest absolute Gasteiger partial charge is 0.270 e. The Morgan fingerprint density at radius 1 is 1.19 bits per heavy atom. The van der Waals surface area contributed by atoms with Crippen molar-refractivity contribution in [3.8, 4) is 5.75 Å². The van der Waals surface area contributed by atoms with Crippen LogP contribution in [0.25, 0.3) is 0 Å². The van der Waals surface area contributed by atoms with Crippen molar-refractivity contribution < 1.29 is 9.53 Å². The molecule has 0 atom stereocenters. The molecule has 1 aliphatic rings. The summed E-state index contributed by atoms with van der Waals surface area (Å²) in [5.74, 6) is 1.25. The lowest BCUT2D eigenvalue weighted by atomic mass is 9.97. The number of hydrogen-bond donors (Lipinski definition) is 2. The third-order valence-electron chi connectivity index (χ3n) is 4.65. The molecule has 0 fully saturated rings. The van der Waals surface area contributed by atoms with Crippen LogP contribution in [0, 0.1) is 0 Å². The fraction of sp³-hybridized carbons (Fsp3) is 0.381. The molecule has 1 aliphatic carbocycles. The van der Waals surface area contributed by atoms with Gasteiger partial charge >= 0.3 is 0 Å². The monoisotopic (exact) mass is 366 g/mol. The van der Waals surface area contributed by atoms with Crippen molar-refractivity contribution in [2.24, 2.45) is 0 Å². The Labute approximate surface area is 160 Å². The van der Waals surface area contributed by atoms with Gasteiger partial charge in [-0.1, -0.05) is 23.8 Å². The summed E-state index contributed by atoms with van der Waals surface area (Å²) in [6, 6.07) is 9.28. The molecule has 0 radical (unpaired) electrons. The normalized spacial score (nSPS) is 13.6. The quantitative estimate of drug-likeness (QED) is 0.697. The molecule has 6 nitrogen and oxygen atoms in total. The number of amides is 1. The van der Waals surface area contributed by atoms with Gasteiger partial charge in [0, 0.05) is 19.2 Å². The van der Waals surface area contributed by atoms with E-state index in [9.17, 15) is 4.79 Å². The van der Waals surface area contributed by atoms with Gasteiger partial charge in [-0.15, -0.1) is 0 Å². The fourth-order valence-electron chi connectivity index (χ4n) is 3.08. The number of aromatic nitrogens is 2. The minimum absolute atomic E-state index is 0.216. The summed E-state index contributed by atoms with van der Waals surface area (Å²) >= 11 is 0. The third-order valence-corrected chi connectivity index (χ3v) is 4.65. The first-order chi connectivity index (χ1) is 13.2. The van der Waals surface area contributed by atoms with E-state index in [1.54, 1.807) is 13.2 Å². The molecule has 1 aromatic carbocycles. The highest BCUT2D eigenvalue weighted by Gasteiger charge is 2.09. The Hall–Kier alpha value is -2.89. The van der Waals surface area contributed by atoms with Crippen molar-refractivity contribution in [2.75, 3.05) is 19.0 Å². The molecule has 27 heavy (non-hydrogen) atoms. The second-order valence-electron chi connectivity index (χ2n) is 6.60. The molecule has 2 aromatic rings. The van der Waals surface area contributed by atoms with Crippen molar-refractivity contribution in [3.63, 3.8) is 0 Å². The molecule has 0 bridgehead atoms. The second-order valence-corrected chi connectivity index (χ2v) is 6.60. The number of nitrogens with one attached hydrogen (secondary N) is 2. The first-order valence-electron chi connectivity index (χ1n) is 9.39. The van der Waals surface area contributed by atoms with E-state index in [-0.39, 0.29) is 5.91 Å². The molecular formula is C21H26N4O2. The highest BCUT2D eigenvalue weighted by atomic mass is 16.5. The number of nitrogens with zero attached hydrogens (tertiary/aromatic N) is 2. The van der Waals surface area contributed by atoms with Gasteiger partial charge in [0.25, 0.3) is 5.91 Å². The summed E-state index contributed by atoms with van der Waals surface area (Å²) in [7, 11) is 1.63. The van der Waals surface area contributed by atoms with Crippen molar-refractivity contribution in [2.45, 2.75) is 38.6 Å². The standard InChI is InChI=1S/C21H26N4O2/c1-27-18-9-7-17(8-10-18)14-23-21(26)19-13-20(25-15-24-19)22-12-11-16-5-3-2-4-6-16/h5,7-10,13,15H,2-4,6,11-12,14H2,1H3,(H,23,26)(H,22,24,25). The van der Waals surface area contributed by atoms with Crippen molar-refractivity contribution in [1.29, 1.82) is 0 Å². The number of rotatable bonds is 8. The summed E-state index contributed by atoms with van der Waals surface area (Å²) in [5.41, 5.74) is 2.87. The maximum Gasteiger partial charge on any atom is 0.270 e. The van der Waals surface area contributed by atoms with E-state index in [4.69, 9.17) is 4.74 Å². The number of ether oxygens (including phenoxy) is 1. The first-order valence-corrected chi connectivity index (χ1v) is 9.39. The van der Waals surface area contributed by atoms with Gasteiger partial charge in [0.15, 0.2) is 0 Å². The van der Waals surface area contributed by atoms with Crippen LogP contribution in [-0.4, -0.2) is 29.5 Å². The van der Waals surface area contributed by atoms with Crippen molar-refractivity contribution >= 4 is 11.7 Å². The molecule has 2 N–H and O–H groups in total. The van der Waals surface area contributed by atoms with Crippen LogP contribution in [0.1, 0.15) is 48.2 Å². The predicted molar refractivity (Wildman–Crippen MR) is 106 cm³/mol. The van der Waals surface area contributed by atoms with E-state index in [1.807, 2.05) is 24.3 Å². The maximum absolute atomic E-state index is 12.4. The number of carbonyl (C=O) groups excluding carboxylic acids is 1. The maximum atomic E-state index is 12.4. The Kier molecular flexibility index (Phi) is 6.79. The minimum Gasteiger partial charge on any atom is -0.497 e. The third kappa shape index (κ3) is 5.81. The van der Waals surface area contributed by atoms with E-state index in [2.05, 4.69) is 26.7 Å². The SMILES string of the molecule is COc1ccc(CNC(=O)c2cc(NCCC3=CCCCC3)ncn2)cc1. The summed E-state index contributed by atoms with van der Waals surface area (Å²) < 4.78 is 5.13. The van der Waals surface area contributed by atoms with E-state index < -0.39 is 0 Å². The lowest BCUT2D eigenvalue weighted by Crippen LogP contribution is -2.24. The van der Waals surface area contributed by atoms with E-state index in [0.717, 1.165) is 24.3 Å². The molecule has 6 heteroatoms. The number of allylic oxidation sites excluding steroid dienone is 1. The van der Waals surface area contributed by atoms with Crippen molar-refractivity contribution in [3.05, 3.63) is 59.6 Å². The van der Waals surface area contributed by atoms with Gasteiger partial charge in [-0.3, -0.25) is 4.79 Å². The number of hydrogen-bond acceptors (Lipinski definition) is 5. The Bertz CT molecular complexity index is 787. The van der Waals surface area contributed by atoms with E-state index >= 15 is 0 Å². The van der Waals surface area contributed by atoms with Crippen LogP contribution < -0.4 is 15.4 Å². The lowest BCUT2D eigenvalue weighted by Gasteiger charge is -2.13. The summed E-state index contributed by atoms with van der Waals surface area (Å²) in [4.78, 5) is 20.6. The highest BCUT2D eigenvalue weighted by Crippen LogP contribution is 2.20. The van der Waals surface area contributed by atoms with E-state index in [1.165, 1.54) is 37.6 Å². The number of anilines is 1. The Balaban J connectivity index is 1.49. The van der Waals surface area contributed by atoms with Crippen LogP contribution in [0.3, 0.4) is 0 Å². The van der Waals surface area contributed by atoms with Crippen LogP contribution in [0.15, 0.2) is 48.3 Å². The Morgan fingerprint density at radius 3 is 2.78 bits per heavy atom. The van der Waals surface area contributed by atoms with Crippen LogP contribution in [-0.2, 0) is 6.54 Å². The van der Waals surface area contributed by atoms with Crippen LogP contribution in [0.4, 0.5) is 5.82 Å². The van der Waals surface area contributed by atoms with Crippen molar-refractivity contribution in [1.82, 2.24) is 15.3 Å². The minimum atomic E-state index is -0.216. The van der Waals surface area contributed by atoms with Gasteiger partial charge in [-0.2, -0.15) is 0 Å². The molecule has 0 saturated heterocycles. The summed E-state index contributed by atoms with van der Waals surface area (Å²) in [6.07, 6.45) is 9.78. The zero-order valence-corrected chi connectivity index (χ0v) is 15.7. The topological polar surface area (TPSA) is 76.1 Å². The van der Waals surface area contributed by atoms with Gasteiger partial charge < -0.3 is 15.4 Å². The summed E-state index contributed by atoms with van der Waals surface area (Å²) in [5, 5.41) is 6.17. The molecular weight excluding hydrogens is 340 g/mol. The molecule has 0 spiro atoms. The number of methoxy groups -OCH3 is 1. The molecule has 0 unspecified atom stereocenters. The molecule has 0 aliphatic heterocycles. The molecule has 0 saturated carbocycles. The van der Waals surface area contributed by atoms with E-state index in [0.29, 0.717) is 18.1 Å². The van der Waals surface area contributed by atoms with Gasteiger partial charge in [0.05, 0.1) is 7.11 Å². The van der Waals surface area contributed by atoms with Gasteiger partial charge in [0.2, 0.25) is 0 Å². The molecule has 1 heterocycles. The summed E-state index contributed by atoms with van der Waals surface area (Å²) in [6.45, 7) is 1.25. The van der Waals surface area contributed by atoms with Gasteiger partial charge in [-0.05, 0) is 49.8 Å². The van der Waals surface area contributed by atoms with Crippen LogP contribution in [0.2, 0.25) is 0 Å². The molecule has 142 valence electrons. The first kappa shape index (κ1) is 18.9. The van der Waals surface area contributed by atoms with Crippen LogP contribution >= 0.6 is 0 Å². The zero-order valence-electron chi connectivity index (χ0n) is 15.7. The van der Waals surface area contributed by atoms with Gasteiger partial charge in [0.1, 0.15) is 23.6 Å². The largest absolute Gasteiger partial charge is 0.497 e. The fourth-order valence-corrected chi connectivity index (χ4v) is 3.08. The average Bonchev–Trinajstić information content (AvgIpc) is 2.73. The Morgan fingerprint density at radius 2 is 2.04 bits per heavy atom. The number of carbonyl (C=O) groups is 1. The van der Waals surface area contributed by atoms with Crippen LogP contribution in [0.5, 0.6) is 5.75 Å². The predicted octanol–water partition coefficient (Wildman–Crippen LogP) is 3.72.